The van der Waals surface area contributed by atoms with Crippen molar-refractivity contribution in [3.05, 3.63) is 9.81 Å². The summed E-state index contributed by atoms with van der Waals surface area (Å²) in [6.07, 6.45) is -2.11. The van der Waals surface area contributed by atoms with Crippen LogP contribution in [-0.4, -0.2) is 42.8 Å². The molecule has 0 aromatic rings. The maximum atomic E-state index is 10.9. The molecule has 1 aliphatic heterocycles. The molecular formula is C9H17N5O5. The monoisotopic (exact) mass is 275 g/mol. The normalized spacial score (nSPS) is 34.6. The van der Waals surface area contributed by atoms with Crippen LogP contribution < -0.4 is 16.7 Å². The van der Waals surface area contributed by atoms with Gasteiger partial charge < -0.3 is 4.74 Å². The van der Waals surface area contributed by atoms with Crippen molar-refractivity contribution >= 4 is 5.91 Å². The Kier molecular flexibility index (Phi) is 5.89. The number of carbonyl (C=O) groups excluding carboxylic acids is 1. The van der Waals surface area contributed by atoms with Crippen LogP contribution in [0.3, 0.4) is 0 Å². The lowest BCUT2D eigenvalue weighted by molar-refractivity contribution is -0.145. The van der Waals surface area contributed by atoms with Gasteiger partial charge in [0.1, 0.15) is 24.8 Å². The highest BCUT2D eigenvalue weighted by molar-refractivity contribution is 5.72. The smallest absolute Gasteiger partial charge is 0.230 e. The van der Waals surface area contributed by atoms with E-state index in [-0.39, 0.29) is 12.5 Å². The lowest BCUT2D eigenvalue weighted by Gasteiger charge is -2.41. The fourth-order valence-corrected chi connectivity index (χ4v) is 2.03. The molecule has 1 rings (SSSR count). The number of nitrogens with one attached hydrogen (secondary N) is 2. The Labute approximate surface area is 109 Å². The van der Waals surface area contributed by atoms with Crippen LogP contribution in [0, 0.1) is 9.81 Å². The number of nitroso groups, excluding NO2 is 2. The molecule has 1 saturated heterocycles. The highest BCUT2D eigenvalue weighted by Gasteiger charge is 2.46. The molecule has 1 aliphatic rings. The summed E-state index contributed by atoms with van der Waals surface area (Å²) in [5, 5.41) is 5.58. The Morgan fingerprint density at radius 3 is 2.63 bits per heavy atom. The molecule has 10 nitrogen and oxygen atoms in total. The molecule has 0 saturated carbocycles. The molecular weight excluding hydrogens is 258 g/mol. The van der Waals surface area contributed by atoms with Gasteiger partial charge in [-0.2, -0.15) is 9.81 Å². The molecule has 0 spiro atoms. The first-order valence-corrected chi connectivity index (χ1v) is 5.69. The van der Waals surface area contributed by atoms with Crippen LogP contribution in [0.1, 0.15) is 13.8 Å². The van der Waals surface area contributed by atoms with E-state index in [1.165, 1.54) is 6.92 Å². The van der Waals surface area contributed by atoms with Crippen molar-refractivity contribution in [3.8, 4) is 0 Å². The fraction of sp³-hybridized carbons (Fsp3) is 0.889. The second-order valence-corrected chi connectivity index (χ2v) is 4.24. The molecule has 1 fully saturated rings. The number of hydrogen-bond donors (Lipinski definition) is 3. The van der Waals surface area contributed by atoms with Crippen LogP contribution in [-0.2, 0) is 14.4 Å². The summed E-state index contributed by atoms with van der Waals surface area (Å²) in [4.78, 5) is 36.8. The molecule has 0 aliphatic carbocycles. The largest absolute Gasteiger partial charge is 0.369 e. The molecule has 0 aromatic carbocycles. The van der Waals surface area contributed by atoms with Crippen molar-refractivity contribution in [1.29, 1.82) is 0 Å². The maximum absolute atomic E-state index is 10.9. The second kappa shape index (κ2) is 7.19. The molecule has 19 heavy (non-hydrogen) atoms. The Bertz CT molecular complexity index is 341. The molecule has 4 N–H and O–H groups in total. The topological polar surface area (TPSA) is 144 Å². The number of hydrazine groups is 1. The van der Waals surface area contributed by atoms with E-state index >= 15 is 0 Å². The minimum atomic E-state index is -0.995. The van der Waals surface area contributed by atoms with Gasteiger partial charge in [0.2, 0.25) is 5.91 Å². The lowest BCUT2D eigenvalue weighted by atomic mass is 9.92. The van der Waals surface area contributed by atoms with E-state index in [9.17, 15) is 14.6 Å². The first-order valence-electron chi connectivity index (χ1n) is 5.69. The zero-order chi connectivity index (χ0) is 14.4. The lowest BCUT2D eigenvalue weighted by Crippen LogP contribution is -2.65. The molecule has 0 radical (unpaired) electrons. The van der Waals surface area contributed by atoms with Crippen molar-refractivity contribution in [1.82, 2.24) is 10.9 Å². The highest BCUT2D eigenvalue weighted by atomic mass is 16.6. The quantitative estimate of drug-likeness (QED) is 0.414. The number of rotatable bonds is 6. The minimum absolute atomic E-state index is 0.229. The second-order valence-electron chi connectivity index (χ2n) is 4.24. The van der Waals surface area contributed by atoms with Crippen LogP contribution in [0.15, 0.2) is 10.4 Å². The van der Waals surface area contributed by atoms with Gasteiger partial charge in [-0.25, -0.2) is 11.3 Å². The zero-order valence-corrected chi connectivity index (χ0v) is 10.6. The van der Waals surface area contributed by atoms with Gasteiger partial charge in [-0.3, -0.25) is 15.1 Å². The predicted molar refractivity (Wildman–Crippen MR) is 64.4 cm³/mol. The summed E-state index contributed by atoms with van der Waals surface area (Å²) in [6, 6.07) is -1.58. The van der Waals surface area contributed by atoms with Crippen LogP contribution in [0.2, 0.25) is 0 Å². The number of nitrogens with zero attached hydrogens (tertiary/aromatic N) is 2. The third kappa shape index (κ3) is 3.73. The van der Waals surface area contributed by atoms with E-state index in [4.69, 9.17) is 15.5 Å². The number of hydrogen-bond acceptors (Lipinski definition) is 9. The first kappa shape index (κ1) is 15.6. The molecule has 0 aromatic heterocycles. The van der Waals surface area contributed by atoms with Crippen LogP contribution in [0.25, 0.3) is 0 Å². The van der Waals surface area contributed by atoms with Gasteiger partial charge in [-0.05, 0) is 6.92 Å². The highest BCUT2D eigenvalue weighted by Crippen LogP contribution is 2.25. The average Bonchev–Trinajstić information content (AvgIpc) is 2.36. The van der Waals surface area contributed by atoms with Crippen molar-refractivity contribution in [2.75, 3.05) is 6.54 Å². The van der Waals surface area contributed by atoms with Crippen LogP contribution in [0.4, 0.5) is 0 Å². The molecule has 0 bridgehead atoms. The van der Waals surface area contributed by atoms with Gasteiger partial charge >= 0.3 is 0 Å². The molecule has 5 atom stereocenters. The summed E-state index contributed by atoms with van der Waals surface area (Å²) < 4.78 is 5.47. The number of ether oxygens (including phenoxy) is 1. The van der Waals surface area contributed by atoms with Crippen molar-refractivity contribution in [2.24, 2.45) is 16.3 Å². The van der Waals surface area contributed by atoms with Gasteiger partial charge in [0.25, 0.3) is 0 Å². The summed E-state index contributed by atoms with van der Waals surface area (Å²) >= 11 is 0. The van der Waals surface area contributed by atoms with E-state index in [0.717, 1.165) is 0 Å². The van der Waals surface area contributed by atoms with Crippen molar-refractivity contribution in [2.45, 2.75) is 44.2 Å². The Morgan fingerprint density at radius 1 is 1.47 bits per heavy atom. The predicted octanol–water partition coefficient (Wildman–Crippen LogP) is -1.06. The fourth-order valence-electron chi connectivity index (χ4n) is 2.03. The maximum Gasteiger partial charge on any atom is 0.230 e. The van der Waals surface area contributed by atoms with Crippen molar-refractivity contribution < 1.29 is 14.4 Å². The summed E-state index contributed by atoms with van der Waals surface area (Å²) in [6.45, 7) is 2.77. The van der Waals surface area contributed by atoms with E-state index in [2.05, 4.69) is 21.2 Å². The molecule has 10 heteroatoms. The Morgan fingerprint density at radius 2 is 2.16 bits per heavy atom. The summed E-state index contributed by atoms with van der Waals surface area (Å²) in [5.41, 5.74) is 5.03. The summed E-state index contributed by atoms with van der Waals surface area (Å²) in [7, 11) is 0. The standard InChI is InChI=1S/C9H17N5O5/c1-4-7(13-12-5(2)15)9(19-10)8(14-17)6(18-4)3-11-16/h4,6-9,13H,3,10H2,1-2H3,(H,12,15). The third-order valence-corrected chi connectivity index (χ3v) is 2.91. The van der Waals surface area contributed by atoms with E-state index < -0.39 is 30.4 Å². The van der Waals surface area contributed by atoms with E-state index in [1.54, 1.807) is 6.92 Å². The minimum Gasteiger partial charge on any atom is -0.369 e. The van der Waals surface area contributed by atoms with Crippen LogP contribution >= 0.6 is 0 Å². The molecule has 1 heterocycles. The van der Waals surface area contributed by atoms with Crippen LogP contribution in [0.5, 0.6) is 0 Å². The van der Waals surface area contributed by atoms with E-state index in [1.807, 2.05) is 0 Å². The summed E-state index contributed by atoms with van der Waals surface area (Å²) in [5.74, 6) is 4.85. The molecule has 1 amide bonds. The SMILES string of the molecule is CC(=O)NNC1C(C)OC(CN=O)C(N=O)C1ON. The van der Waals surface area contributed by atoms with Gasteiger partial charge in [-0.15, -0.1) is 0 Å². The zero-order valence-electron chi connectivity index (χ0n) is 10.6. The van der Waals surface area contributed by atoms with Gasteiger partial charge in [0.15, 0.2) is 0 Å². The molecule has 108 valence electrons. The number of amides is 1. The number of nitrogens with two attached hydrogens (primary N) is 1. The Balaban J connectivity index is 2.83. The van der Waals surface area contributed by atoms with Gasteiger partial charge in [0, 0.05) is 6.92 Å². The van der Waals surface area contributed by atoms with Crippen molar-refractivity contribution in [3.63, 3.8) is 0 Å². The van der Waals surface area contributed by atoms with Gasteiger partial charge in [0.05, 0.1) is 12.1 Å². The Hall–Kier alpha value is -1.49. The van der Waals surface area contributed by atoms with Gasteiger partial charge in [-0.1, -0.05) is 10.4 Å². The number of carbonyl (C=O) groups is 1. The first-order chi connectivity index (χ1) is 9.04. The average molecular weight is 275 g/mol. The van der Waals surface area contributed by atoms with E-state index in [0.29, 0.717) is 0 Å². The third-order valence-electron chi connectivity index (χ3n) is 2.91. The molecule has 5 unspecified atom stereocenters.